The summed E-state index contributed by atoms with van der Waals surface area (Å²) in [6.07, 6.45) is 4.81. The van der Waals surface area contributed by atoms with E-state index in [0.29, 0.717) is 22.7 Å². The molecule has 0 atom stereocenters. The van der Waals surface area contributed by atoms with Gasteiger partial charge in [-0.25, -0.2) is 4.39 Å². The first-order chi connectivity index (χ1) is 14.2. The highest BCUT2D eigenvalue weighted by atomic mass is 19.1. The Morgan fingerprint density at radius 1 is 1.07 bits per heavy atom. The number of methoxy groups -OCH3 is 1. The van der Waals surface area contributed by atoms with Crippen LogP contribution in [0.2, 0.25) is 0 Å². The minimum absolute atomic E-state index is 0.0895. The molecule has 0 spiro atoms. The number of rotatable bonds is 6. The summed E-state index contributed by atoms with van der Waals surface area (Å²) in [4.78, 5) is 21.4. The van der Waals surface area contributed by atoms with Crippen LogP contribution in [0.25, 0.3) is 22.6 Å². The third-order valence-corrected chi connectivity index (χ3v) is 4.31. The summed E-state index contributed by atoms with van der Waals surface area (Å²) in [7, 11) is 1.51. The lowest BCUT2D eigenvalue weighted by molar-refractivity contribution is 0.370. The van der Waals surface area contributed by atoms with Gasteiger partial charge < -0.3 is 9.15 Å². The third kappa shape index (κ3) is 3.75. The van der Waals surface area contributed by atoms with Crippen molar-refractivity contribution in [1.29, 1.82) is 0 Å². The van der Waals surface area contributed by atoms with Crippen LogP contribution in [0.3, 0.4) is 0 Å². The van der Waals surface area contributed by atoms with Crippen molar-refractivity contribution < 1.29 is 13.5 Å². The summed E-state index contributed by atoms with van der Waals surface area (Å²) in [5, 5.41) is 7.37. The summed E-state index contributed by atoms with van der Waals surface area (Å²) >= 11 is 0. The molecule has 29 heavy (non-hydrogen) atoms. The molecular formula is C20H16FN5O3. The topological polar surface area (TPSA) is 95.9 Å². The maximum atomic E-state index is 13.0. The first-order valence-corrected chi connectivity index (χ1v) is 8.71. The first-order valence-electron chi connectivity index (χ1n) is 8.71. The molecule has 146 valence electrons. The molecule has 9 heteroatoms. The molecule has 0 unspecified atom stereocenters. The van der Waals surface area contributed by atoms with Crippen LogP contribution < -0.4 is 10.3 Å². The summed E-state index contributed by atoms with van der Waals surface area (Å²) in [6, 6.07) is 10.5. The molecule has 0 radical (unpaired) electrons. The largest absolute Gasteiger partial charge is 0.482 e. The molecule has 0 amide bonds. The average Bonchev–Trinajstić information content (AvgIpc) is 3.25. The molecule has 0 N–H and O–H groups in total. The van der Waals surface area contributed by atoms with Crippen molar-refractivity contribution in [1.82, 2.24) is 24.7 Å². The van der Waals surface area contributed by atoms with E-state index in [1.165, 1.54) is 17.9 Å². The molecule has 4 heterocycles. The van der Waals surface area contributed by atoms with E-state index in [9.17, 15) is 9.18 Å². The SMILES string of the molecule is COc1ccc(-c2ccncc2)c(=O)n1Cc1ccc(-c2nnc(CF)o2)cn1. The van der Waals surface area contributed by atoms with E-state index in [1.54, 1.807) is 48.8 Å². The Morgan fingerprint density at radius 2 is 1.90 bits per heavy atom. The van der Waals surface area contributed by atoms with Gasteiger partial charge in [0.25, 0.3) is 5.56 Å². The Hall–Kier alpha value is -3.88. The molecule has 0 bridgehead atoms. The van der Waals surface area contributed by atoms with Crippen molar-refractivity contribution in [2.75, 3.05) is 7.11 Å². The predicted octanol–water partition coefficient (Wildman–Crippen LogP) is 2.88. The van der Waals surface area contributed by atoms with Crippen LogP contribution >= 0.6 is 0 Å². The number of alkyl halides is 1. The van der Waals surface area contributed by atoms with Gasteiger partial charge in [0.2, 0.25) is 11.8 Å². The second-order valence-corrected chi connectivity index (χ2v) is 6.09. The summed E-state index contributed by atoms with van der Waals surface area (Å²) in [6.45, 7) is -0.615. The fraction of sp³-hybridized carbons (Fsp3) is 0.150. The van der Waals surface area contributed by atoms with Crippen LogP contribution in [0, 0.1) is 0 Å². The third-order valence-electron chi connectivity index (χ3n) is 4.31. The van der Waals surface area contributed by atoms with E-state index in [4.69, 9.17) is 9.15 Å². The van der Waals surface area contributed by atoms with E-state index in [-0.39, 0.29) is 23.9 Å². The molecule has 8 nitrogen and oxygen atoms in total. The first kappa shape index (κ1) is 18.5. The van der Waals surface area contributed by atoms with Gasteiger partial charge >= 0.3 is 0 Å². The molecule has 4 rings (SSSR count). The zero-order chi connectivity index (χ0) is 20.2. The number of ether oxygens (including phenoxy) is 1. The van der Waals surface area contributed by atoms with Crippen LogP contribution in [0.5, 0.6) is 5.88 Å². The van der Waals surface area contributed by atoms with E-state index in [0.717, 1.165) is 5.56 Å². The van der Waals surface area contributed by atoms with Gasteiger partial charge in [-0.1, -0.05) is 0 Å². The zero-order valence-corrected chi connectivity index (χ0v) is 15.4. The number of halogens is 1. The van der Waals surface area contributed by atoms with Gasteiger partial charge in [-0.05, 0) is 42.0 Å². The molecular weight excluding hydrogens is 377 g/mol. The van der Waals surface area contributed by atoms with Crippen molar-refractivity contribution >= 4 is 0 Å². The summed E-state index contributed by atoms with van der Waals surface area (Å²) in [5.74, 6) is 0.516. The molecule has 0 aromatic carbocycles. The lowest BCUT2D eigenvalue weighted by Crippen LogP contribution is -2.24. The number of pyridine rings is 3. The van der Waals surface area contributed by atoms with Crippen molar-refractivity contribution in [3.63, 3.8) is 0 Å². The number of nitrogens with zero attached hydrogens (tertiary/aromatic N) is 5. The Labute approximate surface area is 164 Å². The van der Waals surface area contributed by atoms with E-state index >= 15 is 0 Å². The molecule has 0 aliphatic rings. The van der Waals surface area contributed by atoms with Gasteiger partial charge in [-0.15, -0.1) is 10.2 Å². The maximum absolute atomic E-state index is 13.0. The standard InChI is InChI=1S/C20H16FN5O3/c1-28-18-5-4-16(13-6-8-22-9-7-13)20(27)26(18)12-15-3-2-14(11-23-15)19-25-24-17(10-21)29-19/h2-9,11H,10,12H2,1H3. The highest BCUT2D eigenvalue weighted by Gasteiger charge is 2.13. The zero-order valence-electron chi connectivity index (χ0n) is 15.4. The monoisotopic (exact) mass is 393 g/mol. The number of hydrogen-bond donors (Lipinski definition) is 0. The predicted molar refractivity (Wildman–Crippen MR) is 102 cm³/mol. The molecule has 0 saturated carbocycles. The van der Waals surface area contributed by atoms with Gasteiger partial charge in [0.05, 0.1) is 24.9 Å². The Bertz CT molecular complexity index is 1170. The van der Waals surface area contributed by atoms with E-state index in [1.807, 2.05) is 0 Å². The van der Waals surface area contributed by atoms with Crippen LogP contribution in [0.1, 0.15) is 11.6 Å². The minimum Gasteiger partial charge on any atom is -0.482 e. The van der Waals surface area contributed by atoms with Gasteiger partial charge in [0.1, 0.15) is 0 Å². The normalized spacial score (nSPS) is 10.8. The average molecular weight is 393 g/mol. The fourth-order valence-electron chi connectivity index (χ4n) is 2.87. The van der Waals surface area contributed by atoms with Gasteiger partial charge in [-0.2, -0.15) is 0 Å². The molecule has 4 aromatic rings. The van der Waals surface area contributed by atoms with E-state index < -0.39 is 6.67 Å². The van der Waals surface area contributed by atoms with E-state index in [2.05, 4.69) is 20.2 Å². The van der Waals surface area contributed by atoms with Crippen LogP contribution in [0.4, 0.5) is 4.39 Å². The Morgan fingerprint density at radius 3 is 2.55 bits per heavy atom. The van der Waals surface area contributed by atoms with Crippen LogP contribution in [-0.2, 0) is 13.2 Å². The number of hydrogen-bond acceptors (Lipinski definition) is 7. The molecule has 0 fully saturated rings. The van der Waals surface area contributed by atoms with Crippen LogP contribution in [-0.4, -0.2) is 31.8 Å². The van der Waals surface area contributed by atoms with Gasteiger partial charge in [0.15, 0.2) is 12.6 Å². The smallest absolute Gasteiger partial charge is 0.261 e. The van der Waals surface area contributed by atoms with Gasteiger partial charge in [0, 0.05) is 24.2 Å². The molecule has 4 aromatic heterocycles. The van der Waals surface area contributed by atoms with Gasteiger partial charge in [-0.3, -0.25) is 19.3 Å². The lowest BCUT2D eigenvalue weighted by atomic mass is 10.1. The molecule has 0 aliphatic heterocycles. The van der Waals surface area contributed by atoms with Crippen molar-refractivity contribution in [3.05, 3.63) is 76.9 Å². The van der Waals surface area contributed by atoms with Crippen molar-refractivity contribution in [2.45, 2.75) is 13.2 Å². The number of aromatic nitrogens is 5. The maximum Gasteiger partial charge on any atom is 0.261 e. The quantitative estimate of drug-likeness (QED) is 0.497. The summed E-state index contributed by atoms with van der Waals surface area (Å²) < 4.78 is 24.6. The fourth-order valence-corrected chi connectivity index (χ4v) is 2.87. The Kier molecular flexibility index (Phi) is 5.10. The molecule has 0 saturated heterocycles. The summed E-state index contributed by atoms with van der Waals surface area (Å²) in [5.41, 5.74) is 2.29. The van der Waals surface area contributed by atoms with Crippen molar-refractivity contribution in [3.8, 4) is 28.5 Å². The van der Waals surface area contributed by atoms with Crippen LogP contribution in [0.15, 0.2) is 64.2 Å². The molecule has 0 aliphatic carbocycles. The second-order valence-electron chi connectivity index (χ2n) is 6.09. The Balaban J connectivity index is 1.66. The highest BCUT2D eigenvalue weighted by molar-refractivity contribution is 5.62. The van der Waals surface area contributed by atoms with Crippen molar-refractivity contribution in [2.24, 2.45) is 0 Å². The lowest BCUT2D eigenvalue weighted by Gasteiger charge is -2.13. The minimum atomic E-state index is -0.824. The second kappa shape index (κ2) is 8.01. The highest BCUT2D eigenvalue weighted by Crippen LogP contribution is 2.20.